The van der Waals surface area contributed by atoms with Crippen LogP contribution in [0.1, 0.15) is 37.7 Å². The first kappa shape index (κ1) is 22.1. The summed E-state index contributed by atoms with van der Waals surface area (Å²) in [7, 11) is 3.26. The van der Waals surface area contributed by atoms with Crippen LogP contribution in [0.15, 0.2) is 53.3 Å². The number of nitrogens with one attached hydrogen (secondary N) is 2. The third-order valence-corrected chi connectivity index (χ3v) is 6.40. The Hall–Kier alpha value is -3.06. The Bertz CT molecular complexity index is 1150. The second-order valence-electron chi connectivity index (χ2n) is 8.16. The SMILES string of the molecule is COc1cccc(NC(=S)N(Cc2cc3ccc(OC)cc3[nH]c2=O)C2CCCCC2)c1. The minimum atomic E-state index is -0.101. The lowest BCUT2D eigenvalue weighted by Gasteiger charge is -2.36. The second kappa shape index (κ2) is 10.0. The molecule has 0 unspecified atom stereocenters. The Labute approximate surface area is 193 Å². The zero-order chi connectivity index (χ0) is 22.5. The third kappa shape index (κ3) is 5.05. The zero-order valence-corrected chi connectivity index (χ0v) is 19.3. The molecular weight excluding hydrogens is 422 g/mol. The Morgan fingerprint density at radius 3 is 2.56 bits per heavy atom. The summed E-state index contributed by atoms with van der Waals surface area (Å²) in [5.41, 5.74) is 2.23. The quantitative estimate of drug-likeness (QED) is 0.510. The van der Waals surface area contributed by atoms with Gasteiger partial charge in [0.25, 0.3) is 5.56 Å². The third-order valence-electron chi connectivity index (χ3n) is 6.07. The Morgan fingerprint density at radius 2 is 1.81 bits per heavy atom. The smallest absolute Gasteiger partial charge is 0.253 e. The van der Waals surface area contributed by atoms with Gasteiger partial charge in [-0.15, -0.1) is 0 Å². The van der Waals surface area contributed by atoms with E-state index in [9.17, 15) is 4.79 Å². The van der Waals surface area contributed by atoms with Gasteiger partial charge >= 0.3 is 0 Å². The van der Waals surface area contributed by atoms with Gasteiger partial charge in [0, 0.05) is 29.4 Å². The highest BCUT2D eigenvalue weighted by Crippen LogP contribution is 2.26. The van der Waals surface area contributed by atoms with Crippen LogP contribution in [0, 0.1) is 0 Å². The van der Waals surface area contributed by atoms with Crippen molar-refractivity contribution in [1.29, 1.82) is 0 Å². The molecule has 32 heavy (non-hydrogen) atoms. The fourth-order valence-corrected chi connectivity index (χ4v) is 4.64. The maximum absolute atomic E-state index is 12.9. The second-order valence-corrected chi connectivity index (χ2v) is 8.55. The van der Waals surface area contributed by atoms with E-state index >= 15 is 0 Å². The number of pyridine rings is 1. The van der Waals surface area contributed by atoms with E-state index < -0.39 is 0 Å². The van der Waals surface area contributed by atoms with E-state index in [2.05, 4.69) is 15.2 Å². The Balaban J connectivity index is 1.62. The van der Waals surface area contributed by atoms with E-state index in [4.69, 9.17) is 21.7 Å². The molecule has 1 aliphatic carbocycles. The van der Waals surface area contributed by atoms with E-state index in [1.165, 1.54) is 19.3 Å². The summed E-state index contributed by atoms with van der Waals surface area (Å²) < 4.78 is 10.6. The monoisotopic (exact) mass is 451 g/mol. The number of benzene rings is 2. The van der Waals surface area contributed by atoms with Gasteiger partial charge in [0.15, 0.2) is 5.11 Å². The van der Waals surface area contributed by atoms with Gasteiger partial charge in [0.05, 0.1) is 26.3 Å². The maximum Gasteiger partial charge on any atom is 0.253 e. The van der Waals surface area contributed by atoms with Crippen molar-refractivity contribution in [2.75, 3.05) is 19.5 Å². The molecule has 7 heteroatoms. The maximum atomic E-state index is 12.9. The molecular formula is C25H29N3O3S. The van der Waals surface area contributed by atoms with Gasteiger partial charge in [-0.25, -0.2) is 0 Å². The highest BCUT2D eigenvalue weighted by atomic mass is 32.1. The molecule has 1 fully saturated rings. The molecule has 1 aromatic heterocycles. The number of aromatic amines is 1. The van der Waals surface area contributed by atoms with Crippen LogP contribution in [-0.4, -0.2) is 35.3 Å². The summed E-state index contributed by atoms with van der Waals surface area (Å²) in [5.74, 6) is 1.48. The molecule has 0 bridgehead atoms. The normalized spacial score (nSPS) is 14.2. The van der Waals surface area contributed by atoms with Crippen molar-refractivity contribution in [3.8, 4) is 11.5 Å². The van der Waals surface area contributed by atoms with Gasteiger partial charge in [0.1, 0.15) is 11.5 Å². The average molecular weight is 452 g/mol. The summed E-state index contributed by atoms with van der Waals surface area (Å²) in [6.45, 7) is 0.456. The van der Waals surface area contributed by atoms with Crippen LogP contribution in [0.3, 0.4) is 0 Å². The molecule has 4 rings (SSSR count). The summed E-state index contributed by atoms with van der Waals surface area (Å²) in [6.07, 6.45) is 5.75. The number of fused-ring (bicyclic) bond motifs is 1. The lowest BCUT2D eigenvalue weighted by Crippen LogP contribution is -2.44. The summed E-state index contributed by atoms with van der Waals surface area (Å²) in [6, 6.07) is 15.7. The first-order valence-corrected chi connectivity index (χ1v) is 11.4. The lowest BCUT2D eigenvalue weighted by molar-refractivity contribution is 0.240. The number of nitrogens with zero attached hydrogens (tertiary/aromatic N) is 1. The lowest BCUT2D eigenvalue weighted by atomic mass is 9.94. The van der Waals surface area contributed by atoms with Crippen molar-refractivity contribution in [2.45, 2.75) is 44.7 Å². The van der Waals surface area contributed by atoms with Crippen molar-refractivity contribution < 1.29 is 9.47 Å². The minimum Gasteiger partial charge on any atom is -0.497 e. The number of methoxy groups -OCH3 is 2. The van der Waals surface area contributed by atoms with Crippen LogP contribution in [0.2, 0.25) is 0 Å². The van der Waals surface area contributed by atoms with Crippen LogP contribution in [0.4, 0.5) is 5.69 Å². The molecule has 0 aliphatic heterocycles. The fourth-order valence-electron chi connectivity index (χ4n) is 4.31. The summed E-state index contributed by atoms with van der Waals surface area (Å²) in [4.78, 5) is 18.1. The molecule has 2 N–H and O–H groups in total. The van der Waals surface area contributed by atoms with Crippen molar-refractivity contribution in [1.82, 2.24) is 9.88 Å². The van der Waals surface area contributed by atoms with Crippen molar-refractivity contribution >= 4 is 33.9 Å². The van der Waals surface area contributed by atoms with Crippen molar-refractivity contribution in [3.63, 3.8) is 0 Å². The molecule has 2 aromatic carbocycles. The zero-order valence-electron chi connectivity index (χ0n) is 18.5. The summed E-state index contributed by atoms with van der Waals surface area (Å²) >= 11 is 5.83. The molecule has 0 atom stereocenters. The van der Waals surface area contributed by atoms with Crippen molar-refractivity contribution in [3.05, 3.63) is 64.4 Å². The fraction of sp³-hybridized carbons (Fsp3) is 0.360. The van der Waals surface area contributed by atoms with Crippen molar-refractivity contribution in [2.24, 2.45) is 0 Å². The molecule has 1 heterocycles. The highest BCUT2D eigenvalue weighted by Gasteiger charge is 2.24. The van der Waals surface area contributed by atoms with Crippen LogP contribution in [0.25, 0.3) is 10.9 Å². The molecule has 0 saturated heterocycles. The molecule has 1 aliphatic rings. The van der Waals surface area contributed by atoms with Crippen LogP contribution < -0.4 is 20.3 Å². The predicted molar refractivity (Wildman–Crippen MR) is 133 cm³/mol. The molecule has 1 saturated carbocycles. The van der Waals surface area contributed by atoms with Gasteiger partial charge in [-0.2, -0.15) is 0 Å². The number of H-pyrrole nitrogens is 1. The number of hydrogen-bond acceptors (Lipinski definition) is 4. The van der Waals surface area contributed by atoms with Crippen LogP contribution >= 0.6 is 12.2 Å². The first-order valence-electron chi connectivity index (χ1n) is 11.0. The number of thiocarbonyl (C=S) groups is 1. The number of ether oxygens (including phenoxy) is 2. The van der Waals surface area contributed by atoms with Gasteiger partial charge in [-0.05, 0) is 60.8 Å². The number of rotatable bonds is 6. The molecule has 168 valence electrons. The van der Waals surface area contributed by atoms with Gasteiger partial charge in [-0.3, -0.25) is 4.79 Å². The molecule has 0 amide bonds. The van der Waals surface area contributed by atoms with Crippen LogP contribution in [0.5, 0.6) is 11.5 Å². The number of anilines is 1. The van der Waals surface area contributed by atoms with E-state index in [1.54, 1.807) is 14.2 Å². The molecule has 0 radical (unpaired) electrons. The molecule has 6 nitrogen and oxygen atoms in total. The average Bonchev–Trinajstić information content (AvgIpc) is 2.82. The highest BCUT2D eigenvalue weighted by molar-refractivity contribution is 7.80. The summed E-state index contributed by atoms with van der Waals surface area (Å²) in [5, 5.41) is 4.95. The topological polar surface area (TPSA) is 66.6 Å². The van der Waals surface area contributed by atoms with Gasteiger partial charge in [-0.1, -0.05) is 25.3 Å². The van der Waals surface area contributed by atoms with Crippen LogP contribution in [-0.2, 0) is 6.54 Å². The first-order chi connectivity index (χ1) is 15.6. The largest absolute Gasteiger partial charge is 0.497 e. The molecule has 3 aromatic rings. The number of aromatic nitrogens is 1. The number of hydrogen-bond donors (Lipinski definition) is 2. The van der Waals surface area contributed by atoms with E-state index in [1.807, 2.05) is 48.5 Å². The van der Waals surface area contributed by atoms with E-state index in [0.29, 0.717) is 29.0 Å². The minimum absolute atomic E-state index is 0.101. The van der Waals surface area contributed by atoms with E-state index in [-0.39, 0.29) is 5.56 Å². The van der Waals surface area contributed by atoms with Gasteiger partial charge < -0.3 is 24.7 Å². The Kier molecular flexibility index (Phi) is 6.95. The standard InChI is InChI=1S/C25H29N3O3S/c1-30-21-10-6-7-19(14-21)26-25(32)28(20-8-4-3-5-9-20)16-18-13-17-11-12-22(31-2)15-23(17)27-24(18)29/h6-7,10-15,20H,3-5,8-9,16H2,1-2H3,(H,26,32)(H,27,29). The predicted octanol–water partition coefficient (Wildman–Crippen LogP) is 5.08. The molecule has 0 spiro atoms. The van der Waals surface area contributed by atoms with E-state index in [0.717, 1.165) is 35.2 Å². The van der Waals surface area contributed by atoms with Gasteiger partial charge in [0.2, 0.25) is 0 Å². The Morgan fingerprint density at radius 1 is 1.06 bits per heavy atom.